The number of H-pyrrole nitrogens is 1. The van der Waals surface area contributed by atoms with Crippen molar-refractivity contribution in [3.63, 3.8) is 0 Å². The number of aryl methyl sites for hydroxylation is 3. The molecule has 16 heavy (non-hydrogen) atoms. The lowest BCUT2D eigenvalue weighted by molar-refractivity contribution is 0.700. The smallest absolute Gasteiger partial charge is 0.259 e. The third-order valence-electron chi connectivity index (χ3n) is 3.11. The number of aromatic amines is 1. The second-order valence-corrected chi connectivity index (χ2v) is 5.24. The number of nitrogens with one attached hydrogen (secondary N) is 1. The van der Waals surface area contributed by atoms with Crippen molar-refractivity contribution >= 4 is 21.6 Å². The van der Waals surface area contributed by atoms with Gasteiger partial charge < -0.3 is 4.98 Å². The van der Waals surface area contributed by atoms with Crippen LogP contribution in [0.25, 0.3) is 10.2 Å². The molecular formula is C12H14N2OS. The quantitative estimate of drug-likeness (QED) is 0.825. The van der Waals surface area contributed by atoms with Crippen molar-refractivity contribution in [3.8, 4) is 0 Å². The maximum Gasteiger partial charge on any atom is 0.259 e. The van der Waals surface area contributed by atoms with Gasteiger partial charge in [0.1, 0.15) is 10.7 Å². The fraction of sp³-hybridized carbons (Fsp3) is 0.500. The van der Waals surface area contributed by atoms with Crippen molar-refractivity contribution < 1.29 is 1.37 Å². The van der Waals surface area contributed by atoms with Gasteiger partial charge in [-0.15, -0.1) is 11.3 Å². The largest absolute Gasteiger partial charge is 0.310 e. The summed E-state index contributed by atoms with van der Waals surface area (Å²) < 4.78 is 7.19. The van der Waals surface area contributed by atoms with E-state index < -0.39 is 0 Å². The Labute approximate surface area is 98.9 Å². The van der Waals surface area contributed by atoms with E-state index in [4.69, 9.17) is 1.37 Å². The molecule has 0 bridgehead atoms. The molecule has 84 valence electrons. The Morgan fingerprint density at radius 3 is 3.25 bits per heavy atom. The Morgan fingerprint density at radius 2 is 2.38 bits per heavy atom. The van der Waals surface area contributed by atoms with E-state index >= 15 is 0 Å². The molecule has 1 aliphatic carbocycles. The Morgan fingerprint density at radius 1 is 1.50 bits per heavy atom. The Hall–Kier alpha value is -1.16. The Kier molecular flexibility index (Phi) is 2.06. The summed E-state index contributed by atoms with van der Waals surface area (Å²) in [6.07, 6.45) is 5.01. The molecular weight excluding hydrogens is 220 g/mol. The van der Waals surface area contributed by atoms with Crippen molar-refractivity contribution in [2.75, 3.05) is 0 Å². The molecule has 0 radical (unpaired) electrons. The molecule has 0 unspecified atom stereocenters. The highest BCUT2D eigenvalue weighted by Gasteiger charge is 2.19. The van der Waals surface area contributed by atoms with E-state index in [0.29, 0.717) is 12.2 Å². The highest BCUT2D eigenvalue weighted by molar-refractivity contribution is 7.18. The minimum atomic E-state index is -0.0159. The molecule has 0 saturated heterocycles. The number of rotatable bonds is 1. The molecule has 0 spiro atoms. The fourth-order valence-electron chi connectivity index (χ4n) is 2.33. The van der Waals surface area contributed by atoms with E-state index in [-0.39, 0.29) is 12.5 Å². The first-order chi connectivity index (χ1) is 8.29. The third kappa shape index (κ3) is 1.40. The van der Waals surface area contributed by atoms with Crippen molar-refractivity contribution in [1.82, 2.24) is 9.97 Å². The van der Waals surface area contributed by atoms with Gasteiger partial charge in [0, 0.05) is 12.7 Å². The molecule has 1 aliphatic rings. The topological polar surface area (TPSA) is 45.8 Å². The summed E-state index contributed by atoms with van der Waals surface area (Å²) in [4.78, 5) is 21.5. The van der Waals surface area contributed by atoms with E-state index in [2.05, 4.69) is 9.97 Å². The maximum atomic E-state index is 12.1. The van der Waals surface area contributed by atoms with Gasteiger partial charge in [-0.05, 0) is 31.2 Å². The van der Waals surface area contributed by atoms with Crippen molar-refractivity contribution in [1.29, 1.82) is 0 Å². The van der Waals surface area contributed by atoms with E-state index in [0.717, 1.165) is 23.1 Å². The van der Waals surface area contributed by atoms with Crippen LogP contribution in [0, 0.1) is 0 Å². The third-order valence-corrected chi connectivity index (χ3v) is 4.30. The fourth-order valence-corrected chi connectivity index (χ4v) is 3.61. The normalized spacial score (nSPS) is 16.1. The summed E-state index contributed by atoms with van der Waals surface area (Å²) in [5, 5.41) is 0.804. The van der Waals surface area contributed by atoms with Gasteiger partial charge in [-0.2, -0.15) is 0 Å². The predicted octanol–water partition coefficient (Wildman–Crippen LogP) is 2.43. The van der Waals surface area contributed by atoms with E-state index in [1.165, 1.54) is 23.3 Å². The molecule has 0 aromatic carbocycles. The van der Waals surface area contributed by atoms with Crippen LogP contribution in [-0.2, 0) is 19.3 Å². The summed E-state index contributed by atoms with van der Waals surface area (Å²) in [6.45, 7) is 0.263. The number of fused-ring (bicyclic) bond motifs is 3. The molecule has 4 heteroatoms. The lowest BCUT2D eigenvalue weighted by Crippen LogP contribution is -2.12. The molecule has 0 aliphatic heterocycles. The predicted molar refractivity (Wildman–Crippen MR) is 66.3 cm³/mol. The zero-order valence-electron chi connectivity index (χ0n) is 10.0. The van der Waals surface area contributed by atoms with Gasteiger partial charge >= 0.3 is 0 Å². The van der Waals surface area contributed by atoms with Gasteiger partial charge in [-0.3, -0.25) is 4.79 Å². The number of aromatic nitrogens is 2. The van der Waals surface area contributed by atoms with Crippen LogP contribution in [0.4, 0.5) is 0 Å². The Balaban J connectivity index is 2.23. The first-order valence-corrected chi connectivity index (χ1v) is 6.44. The number of thiophene rings is 1. The van der Waals surface area contributed by atoms with E-state index in [9.17, 15) is 4.79 Å². The van der Waals surface area contributed by atoms with Crippen LogP contribution >= 0.6 is 11.3 Å². The number of hydrogen-bond donors (Lipinski definition) is 1. The molecule has 2 aromatic heterocycles. The molecule has 1 N–H and O–H groups in total. The summed E-state index contributed by atoms with van der Waals surface area (Å²) >= 11 is 1.66. The zero-order chi connectivity index (χ0) is 11.8. The Bertz CT molecular complexity index is 617. The van der Waals surface area contributed by atoms with Gasteiger partial charge in [-0.1, -0.05) is 6.90 Å². The molecule has 0 saturated carbocycles. The number of nitrogens with zero attached hydrogens (tertiary/aromatic N) is 1. The van der Waals surface area contributed by atoms with Gasteiger partial charge in [0.25, 0.3) is 5.56 Å². The van der Waals surface area contributed by atoms with Crippen LogP contribution in [0.1, 0.15) is 37.4 Å². The van der Waals surface area contributed by atoms with Gasteiger partial charge in [-0.25, -0.2) is 4.98 Å². The highest BCUT2D eigenvalue weighted by Crippen LogP contribution is 2.33. The standard InChI is InChI=1S/C12H14N2OS/c1-2-9-13-11(15)10-7-5-3-4-6-8(7)16-12(10)14-9/h2-6H2,1H3,(H,13,14,15)/i1D. The number of hydrogen-bond acceptors (Lipinski definition) is 3. The van der Waals surface area contributed by atoms with E-state index in [1.807, 2.05) is 0 Å². The first-order valence-electron chi connectivity index (χ1n) is 6.33. The van der Waals surface area contributed by atoms with Crippen molar-refractivity contribution in [2.24, 2.45) is 0 Å². The average molecular weight is 235 g/mol. The molecule has 2 aromatic rings. The van der Waals surface area contributed by atoms with Crippen molar-refractivity contribution in [3.05, 3.63) is 26.6 Å². The molecule has 0 amide bonds. The highest BCUT2D eigenvalue weighted by atomic mass is 32.1. The van der Waals surface area contributed by atoms with Crippen LogP contribution in [0.3, 0.4) is 0 Å². The van der Waals surface area contributed by atoms with Crippen LogP contribution in [0.5, 0.6) is 0 Å². The first kappa shape index (κ1) is 8.93. The second kappa shape index (κ2) is 3.70. The van der Waals surface area contributed by atoms with Crippen LogP contribution in [0.2, 0.25) is 0 Å². The lowest BCUT2D eigenvalue weighted by Gasteiger charge is -2.09. The summed E-state index contributed by atoms with van der Waals surface area (Å²) in [5.41, 5.74) is 1.21. The minimum absolute atomic E-state index is 0.0159. The van der Waals surface area contributed by atoms with Gasteiger partial charge in [0.05, 0.1) is 5.39 Å². The monoisotopic (exact) mass is 235 g/mol. The van der Waals surface area contributed by atoms with Gasteiger partial charge in [0.2, 0.25) is 0 Å². The molecule has 0 fully saturated rings. The van der Waals surface area contributed by atoms with E-state index in [1.54, 1.807) is 11.3 Å². The lowest BCUT2D eigenvalue weighted by atomic mass is 9.97. The molecule has 3 nitrogen and oxygen atoms in total. The molecule has 3 rings (SSSR count). The molecule has 0 atom stereocenters. The van der Waals surface area contributed by atoms with Crippen LogP contribution in [0.15, 0.2) is 4.79 Å². The molecule has 2 heterocycles. The summed E-state index contributed by atoms with van der Waals surface area (Å²) in [7, 11) is 0. The zero-order valence-corrected chi connectivity index (χ0v) is 9.82. The second-order valence-electron chi connectivity index (χ2n) is 4.15. The van der Waals surface area contributed by atoms with Crippen LogP contribution < -0.4 is 5.56 Å². The minimum Gasteiger partial charge on any atom is -0.310 e. The summed E-state index contributed by atoms with van der Waals surface area (Å²) in [6, 6.07) is 0. The summed E-state index contributed by atoms with van der Waals surface area (Å²) in [5.74, 6) is 0.649. The average Bonchev–Trinajstić information content (AvgIpc) is 2.67. The SMILES string of the molecule is [2H]CCc1nc2sc3c(c2c(=O)[nH]1)CCCC3. The maximum absolute atomic E-state index is 12.1. The van der Waals surface area contributed by atoms with Gasteiger partial charge in [0.15, 0.2) is 0 Å². The van der Waals surface area contributed by atoms with Crippen LogP contribution in [-0.4, -0.2) is 9.97 Å². The van der Waals surface area contributed by atoms with Crippen molar-refractivity contribution in [2.45, 2.75) is 39.0 Å².